The highest BCUT2D eigenvalue weighted by Gasteiger charge is 2.20. The lowest BCUT2D eigenvalue weighted by atomic mass is 10.1. The quantitative estimate of drug-likeness (QED) is 0.123. The van der Waals surface area contributed by atoms with Crippen LogP contribution in [0.3, 0.4) is 0 Å². The van der Waals surface area contributed by atoms with Crippen LogP contribution < -0.4 is 5.32 Å². The first kappa shape index (κ1) is 26.2. The van der Waals surface area contributed by atoms with Gasteiger partial charge in [-0.15, -0.1) is 25.5 Å². The minimum Gasteiger partial charge on any atom is -0.300 e. The number of hydrogen-bond acceptors (Lipinski definition) is 10. The lowest BCUT2D eigenvalue weighted by Crippen LogP contribution is -2.14. The second-order valence-corrected chi connectivity index (χ2v) is 11.9. The fourth-order valence-corrected chi connectivity index (χ4v) is 6.52. The fourth-order valence-electron chi connectivity index (χ4n) is 4.00. The zero-order valence-electron chi connectivity index (χ0n) is 21.1. The molecule has 200 valence electrons. The molecule has 6 rings (SSSR count). The minimum absolute atomic E-state index is 0.127. The van der Waals surface area contributed by atoms with Crippen LogP contribution in [0, 0.1) is 0 Å². The number of anilines is 1. The number of amides is 1. The van der Waals surface area contributed by atoms with Gasteiger partial charge < -0.3 is 0 Å². The average molecular weight is 586 g/mol. The Hall–Kier alpha value is -4.07. The first-order chi connectivity index (χ1) is 19.7. The van der Waals surface area contributed by atoms with Gasteiger partial charge in [0, 0.05) is 5.75 Å². The zero-order valence-corrected chi connectivity index (χ0v) is 23.6. The smallest absolute Gasteiger partial charge is 0.259 e. The summed E-state index contributed by atoms with van der Waals surface area (Å²) < 4.78 is 4.36. The Bertz CT molecular complexity index is 1720. The molecule has 0 atom stereocenters. The third-order valence-corrected chi connectivity index (χ3v) is 8.82. The Kier molecular flexibility index (Phi) is 8.12. The third kappa shape index (κ3) is 6.06. The highest BCUT2D eigenvalue weighted by Crippen LogP contribution is 2.28. The van der Waals surface area contributed by atoms with E-state index in [1.807, 2.05) is 65.2 Å². The van der Waals surface area contributed by atoms with Gasteiger partial charge in [-0.05, 0) is 42.7 Å². The van der Waals surface area contributed by atoms with Gasteiger partial charge in [-0.1, -0.05) is 101 Å². The highest BCUT2D eigenvalue weighted by molar-refractivity contribution is 8.01. The number of hydrogen-bond donors (Lipinski definition) is 1. The average Bonchev–Trinajstić information content (AvgIpc) is 3.73. The maximum Gasteiger partial charge on any atom is 0.259 e. The molecule has 1 N–H and O–H groups in total. The number of carbonyl (C=O) groups excluding carboxylic acids is 1. The van der Waals surface area contributed by atoms with Crippen LogP contribution in [-0.2, 0) is 11.2 Å². The molecule has 3 heterocycles. The molecule has 0 aliphatic heterocycles. The van der Waals surface area contributed by atoms with Gasteiger partial charge in [0.1, 0.15) is 5.52 Å². The normalized spacial score (nSPS) is 11.2. The molecule has 1 amide bonds. The van der Waals surface area contributed by atoms with E-state index in [4.69, 9.17) is 0 Å². The first-order valence-electron chi connectivity index (χ1n) is 12.5. The molecule has 13 heteroatoms. The van der Waals surface area contributed by atoms with Gasteiger partial charge in [-0.3, -0.25) is 14.7 Å². The summed E-state index contributed by atoms with van der Waals surface area (Å²) in [6.45, 7) is 0. The maximum atomic E-state index is 12.8. The summed E-state index contributed by atoms with van der Waals surface area (Å²) in [7, 11) is 0. The van der Waals surface area contributed by atoms with E-state index in [1.165, 1.54) is 28.7 Å². The number of aromatic nitrogens is 8. The summed E-state index contributed by atoms with van der Waals surface area (Å²) in [6, 6.07) is 27.8. The molecule has 3 aromatic carbocycles. The van der Waals surface area contributed by atoms with Crippen molar-refractivity contribution in [1.82, 2.24) is 40.0 Å². The zero-order chi connectivity index (χ0) is 27.1. The van der Waals surface area contributed by atoms with Crippen molar-refractivity contribution in [2.45, 2.75) is 22.3 Å². The van der Waals surface area contributed by atoms with E-state index in [-0.39, 0.29) is 11.7 Å². The predicted molar refractivity (Wildman–Crippen MR) is 159 cm³/mol. The fraction of sp³-hybridized carbons (Fsp3) is 0.148. The van der Waals surface area contributed by atoms with Gasteiger partial charge in [-0.2, -0.15) is 4.68 Å². The number of nitrogens with one attached hydrogen (secondary N) is 1. The number of carbonyl (C=O) groups is 1. The molecule has 0 fully saturated rings. The molecule has 3 aromatic heterocycles. The second-order valence-electron chi connectivity index (χ2n) is 8.59. The van der Waals surface area contributed by atoms with E-state index >= 15 is 0 Å². The molecule has 6 aromatic rings. The van der Waals surface area contributed by atoms with Gasteiger partial charge in [0.05, 0.1) is 17.0 Å². The Morgan fingerprint density at radius 2 is 1.60 bits per heavy atom. The Balaban J connectivity index is 1.10. The van der Waals surface area contributed by atoms with Gasteiger partial charge >= 0.3 is 0 Å². The molecule has 0 saturated heterocycles. The van der Waals surface area contributed by atoms with Gasteiger partial charge in [-0.25, -0.2) is 0 Å². The van der Waals surface area contributed by atoms with Crippen LogP contribution in [0.1, 0.15) is 12.0 Å². The minimum atomic E-state index is -0.197. The maximum absolute atomic E-state index is 12.8. The second kappa shape index (κ2) is 12.4. The molecular formula is C27H23N9OS3. The molecule has 0 spiro atoms. The number of rotatable bonds is 11. The van der Waals surface area contributed by atoms with E-state index in [2.05, 4.69) is 60.3 Å². The SMILES string of the molecule is O=C(CSc1nnc(-n2nnc3ccccc32)n1-c1ccccc1)Nc1nnc(SCCCc2ccccc2)s1. The monoisotopic (exact) mass is 585 g/mol. The van der Waals surface area contributed by atoms with Crippen molar-refractivity contribution < 1.29 is 4.79 Å². The molecule has 0 aliphatic carbocycles. The Morgan fingerprint density at radius 1 is 0.825 bits per heavy atom. The topological polar surface area (TPSA) is 116 Å². The van der Waals surface area contributed by atoms with Gasteiger partial charge in [0.25, 0.3) is 5.95 Å². The molecular weight excluding hydrogens is 563 g/mol. The van der Waals surface area contributed by atoms with Crippen molar-refractivity contribution in [3.63, 3.8) is 0 Å². The van der Waals surface area contributed by atoms with Crippen molar-refractivity contribution in [2.24, 2.45) is 0 Å². The van der Waals surface area contributed by atoms with Crippen LogP contribution in [0.25, 0.3) is 22.7 Å². The molecule has 10 nitrogen and oxygen atoms in total. The summed E-state index contributed by atoms with van der Waals surface area (Å²) in [5, 5.41) is 29.6. The van der Waals surface area contributed by atoms with E-state index in [1.54, 1.807) is 16.4 Å². The molecule has 0 unspecified atom stereocenters. The summed E-state index contributed by atoms with van der Waals surface area (Å²) in [4.78, 5) is 12.8. The van der Waals surface area contributed by atoms with Gasteiger partial charge in [0.2, 0.25) is 11.0 Å². The number of fused-ring (bicyclic) bond motifs is 1. The van der Waals surface area contributed by atoms with Crippen LogP contribution >= 0.6 is 34.9 Å². The van der Waals surface area contributed by atoms with Crippen molar-refractivity contribution in [3.8, 4) is 11.6 Å². The Morgan fingerprint density at radius 3 is 2.45 bits per heavy atom. The van der Waals surface area contributed by atoms with Gasteiger partial charge in [0.15, 0.2) is 9.50 Å². The first-order valence-corrected chi connectivity index (χ1v) is 15.3. The van der Waals surface area contributed by atoms with Crippen molar-refractivity contribution >= 4 is 56.9 Å². The molecule has 0 aliphatic rings. The number of nitrogens with zero attached hydrogens (tertiary/aromatic N) is 8. The number of para-hydroxylation sites is 2. The van der Waals surface area contributed by atoms with Crippen molar-refractivity contribution in [2.75, 3.05) is 16.8 Å². The van der Waals surface area contributed by atoms with Crippen molar-refractivity contribution in [3.05, 3.63) is 90.5 Å². The lowest BCUT2D eigenvalue weighted by Gasteiger charge is -2.10. The number of thioether (sulfide) groups is 2. The van der Waals surface area contributed by atoms with Crippen LogP contribution in [0.2, 0.25) is 0 Å². The van der Waals surface area contributed by atoms with E-state index in [0.29, 0.717) is 16.2 Å². The van der Waals surface area contributed by atoms with Crippen molar-refractivity contribution in [1.29, 1.82) is 0 Å². The molecule has 0 saturated carbocycles. The summed E-state index contributed by atoms with van der Waals surface area (Å²) in [5.41, 5.74) is 3.74. The van der Waals surface area contributed by atoms with E-state index in [0.717, 1.165) is 39.7 Å². The predicted octanol–water partition coefficient (Wildman–Crippen LogP) is 5.31. The van der Waals surface area contributed by atoms with Crippen LogP contribution in [0.15, 0.2) is 94.4 Å². The summed E-state index contributed by atoms with van der Waals surface area (Å²) in [6.07, 6.45) is 2.07. The van der Waals surface area contributed by atoms with E-state index < -0.39 is 0 Å². The standard InChI is InChI=1S/C27H23N9OS3/c37-23(28-24-30-33-27(40-24)38-17-9-12-19-10-3-1-4-11-19)18-39-26-32-31-25(35(26)20-13-5-2-6-14-20)36-22-16-8-7-15-21(22)29-34-36/h1-8,10-11,13-16H,9,12,17-18H2,(H,28,30,37). The highest BCUT2D eigenvalue weighted by atomic mass is 32.2. The van der Waals surface area contributed by atoms with Crippen LogP contribution in [0.4, 0.5) is 5.13 Å². The summed E-state index contributed by atoms with van der Waals surface area (Å²) >= 11 is 4.31. The number of benzene rings is 3. The molecule has 0 bridgehead atoms. The largest absolute Gasteiger partial charge is 0.300 e. The number of aryl methyl sites for hydroxylation is 1. The molecule has 0 radical (unpaired) electrons. The molecule has 40 heavy (non-hydrogen) atoms. The van der Waals surface area contributed by atoms with E-state index in [9.17, 15) is 4.79 Å². The third-order valence-electron chi connectivity index (χ3n) is 5.84. The lowest BCUT2D eigenvalue weighted by molar-refractivity contribution is -0.113. The Labute approximate surface area is 242 Å². The summed E-state index contributed by atoms with van der Waals surface area (Å²) in [5.74, 6) is 1.35. The van der Waals surface area contributed by atoms with Crippen LogP contribution in [0.5, 0.6) is 0 Å². The van der Waals surface area contributed by atoms with Crippen LogP contribution in [-0.4, -0.2) is 57.4 Å².